The van der Waals surface area contributed by atoms with Crippen LogP contribution in [0.3, 0.4) is 0 Å². The second-order valence-electron chi connectivity index (χ2n) is 24.6. The highest BCUT2D eigenvalue weighted by Crippen LogP contribution is 2.33. The minimum absolute atomic E-state index is 0.236. The first-order valence-corrected chi connectivity index (χ1v) is 34.2. The zero-order valence-corrected chi connectivity index (χ0v) is 53.0. The van der Waals surface area contributed by atoms with E-state index in [-0.39, 0.29) is 18.9 Å². The first kappa shape index (κ1) is 78.3. The van der Waals surface area contributed by atoms with Crippen molar-refractivity contribution in [3.63, 3.8) is 0 Å². The molecule has 0 aliphatic carbocycles. The Balaban J connectivity index is 1.45. The summed E-state index contributed by atoms with van der Waals surface area (Å²) in [6.07, 6.45) is 29.8. The van der Waals surface area contributed by atoms with Crippen LogP contribution in [0.15, 0.2) is 36.5 Å². The number of aliphatic hydroxyl groups excluding tert-OH is 11. The monoisotopic (exact) mass is 1230 g/mol. The van der Waals surface area contributed by atoms with E-state index in [0.29, 0.717) is 12.8 Å². The van der Waals surface area contributed by atoms with Gasteiger partial charge in [0.2, 0.25) is 5.91 Å². The van der Waals surface area contributed by atoms with Crippen LogP contribution in [-0.2, 0) is 33.2 Å². The summed E-state index contributed by atoms with van der Waals surface area (Å²) in [5.74, 6) is -0.286. The fourth-order valence-electron chi connectivity index (χ4n) is 11.6. The summed E-state index contributed by atoms with van der Waals surface area (Å²) in [6.45, 7) is 1.72. The number of allylic oxidation sites excluding steroid dienone is 5. The van der Waals surface area contributed by atoms with E-state index in [1.165, 1.54) is 173 Å². The molecule has 86 heavy (non-hydrogen) atoms. The normalized spacial score (nSPS) is 29.0. The van der Waals surface area contributed by atoms with E-state index >= 15 is 0 Å². The molecule has 0 aromatic rings. The SMILES string of the molecule is CCCCCCCCC/C=C/CC/C=C/CC/C=C/C(O)C(COC1OC(CO)C(OC2OC(CO)C(OC3OC(CO)C(O)C(O)C3O)C(O)C2O)C(O)C1O)NC(=O)CCCCCCCCCCCCCCCCCCCCCCCCCC. The molecule has 17 unspecified atom stereocenters. The highest BCUT2D eigenvalue weighted by atomic mass is 16.8. The molecule has 3 aliphatic heterocycles. The summed E-state index contributed by atoms with van der Waals surface area (Å²) in [5, 5.41) is 120. The first-order valence-electron chi connectivity index (χ1n) is 34.2. The third-order valence-electron chi connectivity index (χ3n) is 17.2. The lowest BCUT2D eigenvalue weighted by molar-refractivity contribution is -0.379. The van der Waals surface area contributed by atoms with Crippen molar-refractivity contribution in [1.82, 2.24) is 5.32 Å². The maximum Gasteiger partial charge on any atom is 0.220 e. The van der Waals surface area contributed by atoms with Crippen LogP contribution in [0.25, 0.3) is 0 Å². The van der Waals surface area contributed by atoms with E-state index in [1.54, 1.807) is 6.08 Å². The molecule has 0 spiro atoms. The van der Waals surface area contributed by atoms with Gasteiger partial charge in [-0.2, -0.15) is 0 Å². The van der Waals surface area contributed by atoms with Crippen molar-refractivity contribution in [2.24, 2.45) is 0 Å². The van der Waals surface area contributed by atoms with Crippen molar-refractivity contribution >= 4 is 5.91 Å². The highest BCUT2D eigenvalue weighted by molar-refractivity contribution is 5.76. The minimum atomic E-state index is -1.98. The number of carbonyl (C=O) groups excluding carboxylic acids is 1. The van der Waals surface area contributed by atoms with Crippen LogP contribution in [0.1, 0.15) is 251 Å². The van der Waals surface area contributed by atoms with Gasteiger partial charge in [0, 0.05) is 6.42 Å². The lowest BCUT2D eigenvalue weighted by Crippen LogP contribution is -2.66. The zero-order valence-electron chi connectivity index (χ0n) is 53.0. The number of carbonyl (C=O) groups is 1. The third-order valence-corrected chi connectivity index (χ3v) is 17.2. The van der Waals surface area contributed by atoms with Gasteiger partial charge in [-0.15, -0.1) is 0 Å². The number of amides is 1. The number of hydrogen-bond donors (Lipinski definition) is 12. The molecule has 504 valence electrons. The van der Waals surface area contributed by atoms with Gasteiger partial charge in [-0.1, -0.05) is 237 Å². The Morgan fingerprint density at radius 2 is 0.744 bits per heavy atom. The Morgan fingerprint density at radius 1 is 0.407 bits per heavy atom. The molecule has 0 aromatic heterocycles. The summed E-state index contributed by atoms with van der Waals surface area (Å²) in [5.41, 5.74) is 0. The highest BCUT2D eigenvalue weighted by Gasteiger charge is 2.53. The molecule has 3 rings (SSSR count). The quantitative estimate of drug-likeness (QED) is 0.0201. The van der Waals surface area contributed by atoms with Crippen LogP contribution >= 0.6 is 0 Å². The molecule has 3 aliphatic rings. The lowest BCUT2D eigenvalue weighted by Gasteiger charge is -2.48. The van der Waals surface area contributed by atoms with Crippen molar-refractivity contribution in [2.45, 2.75) is 356 Å². The summed E-state index contributed by atoms with van der Waals surface area (Å²) < 4.78 is 34.3. The van der Waals surface area contributed by atoms with Crippen molar-refractivity contribution in [1.29, 1.82) is 0 Å². The molecule has 1 amide bonds. The summed E-state index contributed by atoms with van der Waals surface area (Å²) in [6, 6.07) is -0.994. The molecular formula is C67H123NO18. The second kappa shape index (κ2) is 49.7. The molecule has 0 radical (unpaired) electrons. The largest absolute Gasteiger partial charge is 0.394 e. The van der Waals surface area contributed by atoms with Crippen LogP contribution in [0.2, 0.25) is 0 Å². The predicted molar refractivity (Wildman–Crippen MR) is 333 cm³/mol. The van der Waals surface area contributed by atoms with Crippen molar-refractivity contribution in [3.8, 4) is 0 Å². The smallest absolute Gasteiger partial charge is 0.220 e. The molecule has 3 heterocycles. The van der Waals surface area contributed by atoms with Gasteiger partial charge in [0.15, 0.2) is 18.9 Å². The third kappa shape index (κ3) is 31.8. The molecule has 0 bridgehead atoms. The fourth-order valence-corrected chi connectivity index (χ4v) is 11.6. The van der Waals surface area contributed by atoms with E-state index in [4.69, 9.17) is 28.4 Å². The van der Waals surface area contributed by atoms with E-state index in [1.807, 2.05) is 6.08 Å². The van der Waals surface area contributed by atoms with E-state index in [9.17, 15) is 61.0 Å². The van der Waals surface area contributed by atoms with Crippen LogP contribution in [0.5, 0.6) is 0 Å². The molecule has 0 saturated carbocycles. The van der Waals surface area contributed by atoms with E-state index in [0.717, 1.165) is 44.9 Å². The van der Waals surface area contributed by atoms with Gasteiger partial charge in [0.25, 0.3) is 0 Å². The van der Waals surface area contributed by atoms with Gasteiger partial charge in [-0.25, -0.2) is 0 Å². The molecule has 19 nitrogen and oxygen atoms in total. The van der Waals surface area contributed by atoms with Gasteiger partial charge in [-0.3, -0.25) is 4.79 Å². The van der Waals surface area contributed by atoms with Gasteiger partial charge in [0.1, 0.15) is 73.2 Å². The van der Waals surface area contributed by atoms with Gasteiger partial charge >= 0.3 is 0 Å². The van der Waals surface area contributed by atoms with Crippen LogP contribution in [0, 0.1) is 0 Å². The van der Waals surface area contributed by atoms with Gasteiger partial charge in [-0.05, 0) is 44.9 Å². The van der Waals surface area contributed by atoms with Crippen molar-refractivity contribution in [2.75, 3.05) is 26.4 Å². The molecule has 17 atom stereocenters. The summed E-state index contributed by atoms with van der Waals surface area (Å²) in [4.78, 5) is 13.4. The molecule has 12 N–H and O–H groups in total. The van der Waals surface area contributed by atoms with Crippen LogP contribution in [-0.4, -0.2) is 193 Å². The Hall–Kier alpha value is -1.99. The molecule has 3 saturated heterocycles. The Bertz CT molecular complexity index is 1710. The maximum absolute atomic E-state index is 13.4. The van der Waals surface area contributed by atoms with Crippen molar-refractivity contribution in [3.05, 3.63) is 36.5 Å². The van der Waals surface area contributed by atoms with Crippen LogP contribution < -0.4 is 5.32 Å². The molecule has 0 aromatic carbocycles. The van der Waals surface area contributed by atoms with Gasteiger partial charge < -0.3 is 89.9 Å². The summed E-state index contributed by atoms with van der Waals surface area (Å²) >= 11 is 0. The summed E-state index contributed by atoms with van der Waals surface area (Å²) in [7, 11) is 0. The topological polar surface area (TPSA) is 307 Å². The lowest BCUT2D eigenvalue weighted by atomic mass is 9.96. The number of rotatable bonds is 52. The molecule has 19 heteroatoms. The van der Waals surface area contributed by atoms with Crippen LogP contribution in [0.4, 0.5) is 0 Å². The zero-order chi connectivity index (χ0) is 62.6. The average Bonchev–Trinajstić information content (AvgIpc) is 2.23. The maximum atomic E-state index is 13.4. The Morgan fingerprint density at radius 3 is 1.16 bits per heavy atom. The van der Waals surface area contributed by atoms with E-state index < -0.39 is 124 Å². The van der Waals surface area contributed by atoms with E-state index in [2.05, 4.69) is 43.5 Å². The number of aliphatic hydroxyl groups is 11. The molecule has 3 fully saturated rings. The Kier molecular flexibility index (Phi) is 45.2. The second-order valence-corrected chi connectivity index (χ2v) is 24.6. The predicted octanol–water partition coefficient (Wildman–Crippen LogP) is 8.44. The minimum Gasteiger partial charge on any atom is -0.394 e. The first-order chi connectivity index (χ1) is 41.8. The fraction of sp³-hybridized carbons (Fsp3) is 0.896. The number of unbranched alkanes of at least 4 members (excludes halogenated alkanes) is 32. The Labute approximate surface area is 517 Å². The van der Waals surface area contributed by atoms with Gasteiger partial charge in [0.05, 0.1) is 38.6 Å². The molecular weight excluding hydrogens is 1110 g/mol. The number of hydrogen-bond acceptors (Lipinski definition) is 18. The average molecular weight is 1230 g/mol. The number of ether oxygens (including phenoxy) is 6. The standard InChI is InChI=1S/C67H123NO18/c1-3-5-7-9-11-13-15-17-19-21-22-23-24-25-26-27-29-31-33-35-37-39-41-43-45-55(73)68-50(51(72)44-42-40-38-36-34-32-30-28-20-18-16-14-12-10-8-6-4-2)49-81-65-61(79)58(76)63(53(47-70)83-65)86-67-62(80)59(77)64(54(48-71)84-67)85-66-60(78)57(75)56(74)52(46-69)82-66/h20,28,34,36,42,44,50-54,56-67,69-72,74-80H,3-19,21-27,29-33,35,37-41,43,45-49H2,1-2H3,(H,68,73)/b28-20+,36-34+,44-42+. The number of nitrogens with one attached hydrogen (secondary N) is 1. The van der Waals surface area contributed by atoms with Crippen molar-refractivity contribution < 1.29 is 89.4 Å².